The molecule has 0 bridgehead atoms. The van der Waals surface area contributed by atoms with Crippen molar-refractivity contribution in [2.45, 2.75) is 6.92 Å². The lowest BCUT2D eigenvalue weighted by Crippen LogP contribution is -2.36. The van der Waals surface area contributed by atoms with E-state index in [-0.39, 0.29) is 23.1 Å². The van der Waals surface area contributed by atoms with Crippen molar-refractivity contribution in [1.82, 2.24) is 4.90 Å². The first kappa shape index (κ1) is 27.1. The Morgan fingerprint density at radius 3 is 2.45 bits per heavy atom. The molecule has 8 nitrogen and oxygen atoms in total. The van der Waals surface area contributed by atoms with Gasteiger partial charge in [-0.05, 0) is 88.7 Å². The van der Waals surface area contributed by atoms with Gasteiger partial charge in [-0.3, -0.25) is 24.1 Å². The lowest BCUT2D eigenvalue weighted by atomic mass is 10.2. The Morgan fingerprint density at radius 1 is 1.00 bits per heavy atom. The highest BCUT2D eigenvalue weighted by Crippen LogP contribution is 2.34. The van der Waals surface area contributed by atoms with Gasteiger partial charge >= 0.3 is 0 Å². The van der Waals surface area contributed by atoms with Crippen molar-refractivity contribution in [3.8, 4) is 5.75 Å². The molecule has 1 saturated heterocycles. The van der Waals surface area contributed by atoms with Gasteiger partial charge in [0.05, 0.1) is 9.38 Å². The highest BCUT2D eigenvalue weighted by atomic mass is 79.9. The fourth-order valence-electron chi connectivity index (χ4n) is 3.40. The second-order valence-corrected chi connectivity index (χ2v) is 10.1. The van der Waals surface area contributed by atoms with Crippen LogP contribution in [-0.4, -0.2) is 41.0 Å². The summed E-state index contributed by atoms with van der Waals surface area (Å²) in [5.41, 5.74) is 2.57. The topological polar surface area (TPSA) is 105 Å². The van der Waals surface area contributed by atoms with E-state index in [9.17, 15) is 23.6 Å². The van der Waals surface area contributed by atoms with E-state index in [1.165, 1.54) is 24.3 Å². The summed E-state index contributed by atoms with van der Waals surface area (Å²) >= 11 is 4.11. The Hall–Kier alpha value is -3.96. The van der Waals surface area contributed by atoms with Crippen LogP contribution in [0.2, 0.25) is 0 Å². The molecule has 11 heteroatoms. The minimum Gasteiger partial charge on any atom is -0.483 e. The Balaban J connectivity index is 1.34. The number of halogens is 2. The minimum atomic E-state index is -0.630. The van der Waals surface area contributed by atoms with Gasteiger partial charge in [0.1, 0.15) is 18.1 Å². The molecule has 1 aliphatic heterocycles. The van der Waals surface area contributed by atoms with Gasteiger partial charge in [0.2, 0.25) is 5.91 Å². The standard InChI is InChI=1S/C27H21BrFN3O5S/c1-16-5-8-19(9-6-16)30-25(34)15-37-22-10-7-17(11-21(22)28)12-23-26(35)32(27(36)38-23)14-24(33)31-20-4-2-3-18(29)13-20/h2-13H,14-15H2,1H3,(H,30,34)(H,31,33)/b23-12+. The van der Waals surface area contributed by atoms with Crippen molar-refractivity contribution >= 4 is 68.1 Å². The number of anilines is 2. The van der Waals surface area contributed by atoms with Crippen LogP contribution in [0, 0.1) is 12.7 Å². The first-order valence-electron chi connectivity index (χ1n) is 11.3. The van der Waals surface area contributed by atoms with E-state index < -0.39 is 29.4 Å². The molecule has 3 aromatic carbocycles. The number of rotatable bonds is 8. The van der Waals surface area contributed by atoms with Crippen molar-refractivity contribution in [1.29, 1.82) is 0 Å². The number of ether oxygens (including phenoxy) is 1. The van der Waals surface area contributed by atoms with Gasteiger partial charge in [0, 0.05) is 11.4 Å². The van der Waals surface area contributed by atoms with E-state index in [2.05, 4.69) is 26.6 Å². The Kier molecular flexibility index (Phi) is 8.59. The van der Waals surface area contributed by atoms with E-state index in [1.54, 1.807) is 30.3 Å². The largest absolute Gasteiger partial charge is 0.483 e. The van der Waals surface area contributed by atoms with Crippen molar-refractivity contribution in [2.75, 3.05) is 23.8 Å². The number of benzene rings is 3. The normalized spacial score (nSPS) is 14.1. The first-order valence-corrected chi connectivity index (χ1v) is 12.9. The quantitative estimate of drug-likeness (QED) is 0.328. The Bertz CT molecular complexity index is 1440. The molecule has 0 atom stereocenters. The number of thioether (sulfide) groups is 1. The molecule has 1 fully saturated rings. The van der Waals surface area contributed by atoms with Gasteiger partial charge in [-0.2, -0.15) is 0 Å². The fourth-order valence-corrected chi connectivity index (χ4v) is 4.75. The summed E-state index contributed by atoms with van der Waals surface area (Å²) in [7, 11) is 0. The molecule has 0 spiro atoms. The predicted molar refractivity (Wildman–Crippen MR) is 147 cm³/mol. The number of hydrogen-bond donors (Lipinski definition) is 2. The molecule has 4 amide bonds. The van der Waals surface area contributed by atoms with Crippen LogP contribution in [0.25, 0.3) is 6.08 Å². The van der Waals surface area contributed by atoms with Gasteiger partial charge in [0.15, 0.2) is 6.61 Å². The van der Waals surface area contributed by atoms with E-state index in [1.807, 2.05) is 19.1 Å². The number of carbonyl (C=O) groups is 4. The summed E-state index contributed by atoms with van der Waals surface area (Å²) in [6, 6.07) is 17.7. The van der Waals surface area contributed by atoms with Crippen LogP contribution in [0.3, 0.4) is 0 Å². The average Bonchev–Trinajstić information content (AvgIpc) is 3.12. The SMILES string of the molecule is Cc1ccc(NC(=O)COc2ccc(/C=C3/SC(=O)N(CC(=O)Nc4cccc(F)c4)C3=O)cc2Br)cc1. The van der Waals surface area contributed by atoms with Gasteiger partial charge in [0.25, 0.3) is 17.1 Å². The average molecular weight is 598 g/mol. The highest BCUT2D eigenvalue weighted by Gasteiger charge is 2.36. The Labute approximate surface area is 230 Å². The van der Waals surface area contributed by atoms with Crippen molar-refractivity contribution in [2.24, 2.45) is 0 Å². The van der Waals surface area contributed by atoms with Crippen LogP contribution in [0.15, 0.2) is 76.1 Å². The minimum absolute atomic E-state index is 0.145. The summed E-state index contributed by atoms with van der Waals surface area (Å²) in [5, 5.41) is 4.62. The molecule has 1 aliphatic rings. The number of carbonyl (C=O) groups excluding carboxylic acids is 4. The number of nitrogens with one attached hydrogen (secondary N) is 2. The lowest BCUT2D eigenvalue weighted by molar-refractivity contribution is -0.127. The van der Waals surface area contributed by atoms with Crippen LogP contribution in [0.1, 0.15) is 11.1 Å². The molecule has 0 saturated carbocycles. The molecule has 38 heavy (non-hydrogen) atoms. The molecule has 4 rings (SSSR count). The molecule has 2 N–H and O–H groups in total. The molecule has 1 heterocycles. The van der Waals surface area contributed by atoms with Crippen LogP contribution < -0.4 is 15.4 Å². The monoisotopic (exact) mass is 597 g/mol. The maximum atomic E-state index is 13.3. The third kappa shape index (κ3) is 7.08. The van der Waals surface area contributed by atoms with Gasteiger partial charge in [-0.25, -0.2) is 4.39 Å². The Morgan fingerprint density at radius 2 is 1.74 bits per heavy atom. The third-order valence-electron chi connectivity index (χ3n) is 5.23. The number of amides is 4. The zero-order chi connectivity index (χ0) is 27.2. The molecular weight excluding hydrogens is 577 g/mol. The molecule has 194 valence electrons. The third-order valence-corrected chi connectivity index (χ3v) is 6.76. The van der Waals surface area contributed by atoms with Crippen molar-refractivity contribution in [3.05, 3.63) is 93.1 Å². The lowest BCUT2D eigenvalue weighted by Gasteiger charge is -2.12. The summed E-state index contributed by atoms with van der Waals surface area (Å²) in [5.74, 6) is -1.67. The second kappa shape index (κ2) is 12.1. The first-order chi connectivity index (χ1) is 18.2. The van der Waals surface area contributed by atoms with Crippen LogP contribution in [0.5, 0.6) is 5.75 Å². The smallest absolute Gasteiger partial charge is 0.294 e. The van der Waals surface area contributed by atoms with Crippen LogP contribution in [-0.2, 0) is 14.4 Å². The van der Waals surface area contributed by atoms with Gasteiger partial charge < -0.3 is 15.4 Å². The zero-order valence-electron chi connectivity index (χ0n) is 20.0. The highest BCUT2D eigenvalue weighted by molar-refractivity contribution is 9.10. The summed E-state index contributed by atoms with van der Waals surface area (Å²) in [4.78, 5) is 50.6. The van der Waals surface area contributed by atoms with E-state index >= 15 is 0 Å². The second-order valence-electron chi connectivity index (χ2n) is 8.22. The van der Waals surface area contributed by atoms with Crippen LogP contribution in [0.4, 0.5) is 20.6 Å². The maximum Gasteiger partial charge on any atom is 0.294 e. The number of aryl methyl sites for hydroxylation is 1. The number of imide groups is 1. The molecule has 0 radical (unpaired) electrons. The molecular formula is C27H21BrFN3O5S. The fraction of sp³-hybridized carbons (Fsp3) is 0.111. The molecule has 0 aromatic heterocycles. The molecule has 0 aliphatic carbocycles. The van der Waals surface area contributed by atoms with Crippen molar-refractivity contribution in [3.63, 3.8) is 0 Å². The zero-order valence-corrected chi connectivity index (χ0v) is 22.4. The van der Waals surface area contributed by atoms with E-state index in [4.69, 9.17) is 4.74 Å². The molecule has 3 aromatic rings. The maximum absolute atomic E-state index is 13.3. The number of hydrogen-bond acceptors (Lipinski definition) is 6. The van der Waals surface area contributed by atoms with Crippen LogP contribution >= 0.6 is 27.7 Å². The number of nitrogens with zero attached hydrogens (tertiary/aromatic N) is 1. The summed E-state index contributed by atoms with van der Waals surface area (Å²) < 4.78 is 19.5. The van der Waals surface area contributed by atoms with Gasteiger partial charge in [-0.1, -0.05) is 29.8 Å². The van der Waals surface area contributed by atoms with E-state index in [0.29, 0.717) is 33.2 Å². The van der Waals surface area contributed by atoms with Crippen molar-refractivity contribution < 1.29 is 28.3 Å². The predicted octanol–water partition coefficient (Wildman–Crippen LogP) is 5.59. The summed E-state index contributed by atoms with van der Waals surface area (Å²) in [6.07, 6.45) is 1.52. The van der Waals surface area contributed by atoms with E-state index in [0.717, 1.165) is 16.5 Å². The summed E-state index contributed by atoms with van der Waals surface area (Å²) in [6.45, 7) is 1.25. The molecule has 0 unspecified atom stereocenters. The van der Waals surface area contributed by atoms with Gasteiger partial charge in [-0.15, -0.1) is 0 Å².